The summed E-state index contributed by atoms with van der Waals surface area (Å²) >= 11 is 1.70. The topological polar surface area (TPSA) is 111 Å². The fraction of sp³-hybridized carbons (Fsp3) is 0.158. The molecule has 1 aliphatic heterocycles. The molecule has 28 heavy (non-hydrogen) atoms. The molecule has 0 saturated heterocycles. The number of amides is 1. The smallest absolute Gasteiger partial charge is 0.255 e. The number of rotatable bonds is 5. The molecular weight excluding hydrogens is 374 g/mol. The summed E-state index contributed by atoms with van der Waals surface area (Å²) in [7, 11) is 0. The number of nitrogens with one attached hydrogen (secondary N) is 2. The van der Waals surface area contributed by atoms with Crippen molar-refractivity contribution in [1.29, 1.82) is 0 Å². The van der Waals surface area contributed by atoms with E-state index in [1.807, 2.05) is 12.1 Å². The molecule has 9 heteroatoms. The Hall–Kier alpha value is -3.46. The quantitative estimate of drug-likeness (QED) is 0.482. The lowest BCUT2D eigenvalue weighted by molar-refractivity contribution is 0.100. The summed E-state index contributed by atoms with van der Waals surface area (Å²) in [6.07, 6.45) is 2.49. The third-order valence-electron chi connectivity index (χ3n) is 4.74. The number of hydrogen-bond acceptors (Lipinski definition) is 7. The highest BCUT2D eigenvalue weighted by molar-refractivity contribution is 7.09. The van der Waals surface area contributed by atoms with Gasteiger partial charge in [-0.25, -0.2) is 0 Å². The predicted octanol–water partition coefficient (Wildman–Crippen LogP) is 2.56. The summed E-state index contributed by atoms with van der Waals surface area (Å²) in [5, 5.41) is 13.9. The van der Waals surface area contributed by atoms with Gasteiger partial charge in [-0.3, -0.25) is 4.79 Å². The van der Waals surface area contributed by atoms with Crippen LogP contribution in [0.25, 0.3) is 16.9 Å². The van der Waals surface area contributed by atoms with Gasteiger partial charge in [-0.05, 0) is 30.0 Å². The average Bonchev–Trinajstić information content (AvgIpc) is 3.45. The Morgan fingerprint density at radius 1 is 1.29 bits per heavy atom. The van der Waals surface area contributed by atoms with Crippen LogP contribution in [0.2, 0.25) is 0 Å². The Labute approximate surface area is 164 Å². The van der Waals surface area contributed by atoms with Crippen LogP contribution in [0.1, 0.15) is 20.8 Å². The molecule has 0 saturated carbocycles. The fourth-order valence-electron chi connectivity index (χ4n) is 3.41. The molecule has 0 spiro atoms. The van der Waals surface area contributed by atoms with Crippen LogP contribution in [0.15, 0.2) is 41.9 Å². The van der Waals surface area contributed by atoms with Crippen LogP contribution in [0.4, 0.5) is 11.6 Å². The van der Waals surface area contributed by atoms with Crippen LogP contribution in [0, 0.1) is 0 Å². The van der Waals surface area contributed by atoms with E-state index in [2.05, 4.69) is 32.2 Å². The number of carbonyl (C=O) groups excluding carboxylic acids is 1. The Bertz CT molecular complexity index is 1180. The van der Waals surface area contributed by atoms with E-state index in [0.717, 1.165) is 35.7 Å². The maximum atomic E-state index is 11.7. The summed E-state index contributed by atoms with van der Waals surface area (Å²) in [4.78, 5) is 22.3. The van der Waals surface area contributed by atoms with E-state index in [4.69, 9.17) is 10.7 Å². The van der Waals surface area contributed by atoms with Crippen molar-refractivity contribution in [3.63, 3.8) is 0 Å². The minimum absolute atomic E-state index is 0.430. The standard InChI is InChI=1S/C19H17N7OS/c20-16(27)12-4-1-5-15-14(12)10-23-26(15)19-24-17-13(6-7-21-17)18(25-19)22-9-11-3-2-8-28-11/h1-5,8,10H,6-7,9H2,(H2,20,27)(H2,21,22,24,25). The molecule has 1 aliphatic rings. The van der Waals surface area contributed by atoms with E-state index in [0.29, 0.717) is 23.4 Å². The van der Waals surface area contributed by atoms with Crippen molar-refractivity contribution in [2.24, 2.45) is 5.73 Å². The van der Waals surface area contributed by atoms with Crippen molar-refractivity contribution < 1.29 is 4.79 Å². The third kappa shape index (κ3) is 2.76. The number of hydrogen-bond donors (Lipinski definition) is 3. The van der Waals surface area contributed by atoms with E-state index in [9.17, 15) is 4.79 Å². The summed E-state index contributed by atoms with van der Waals surface area (Å²) < 4.78 is 1.64. The molecule has 0 aliphatic carbocycles. The minimum atomic E-state index is -0.486. The first kappa shape index (κ1) is 16.7. The molecule has 0 unspecified atom stereocenters. The van der Waals surface area contributed by atoms with Crippen LogP contribution in [-0.4, -0.2) is 32.2 Å². The molecule has 1 aromatic carbocycles. The number of nitrogens with two attached hydrogens (primary N) is 1. The van der Waals surface area contributed by atoms with Gasteiger partial charge in [0.2, 0.25) is 5.91 Å². The lowest BCUT2D eigenvalue weighted by atomic mass is 10.1. The molecule has 4 heterocycles. The molecule has 8 nitrogen and oxygen atoms in total. The molecule has 4 N–H and O–H groups in total. The number of benzene rings is 1. The van der Waals surface area contributed by atoms with E-state index < -0.39 is 5.91 Å². The minimum Gasteiger partial charge on any atom is -0.369 e. The molecule has 4 aromatic rings. The number of primary amides is 1. The summed E-state index contributed by atoms with van der Waals surface area (Å²) in [6, 6.07) is 9.46. The van der Waals surface area contributed by atoms with E-state index >= 15 is 0 Å². The summed E-state index contributed by atoms with van der Waals surface area (Å²) in [5.41, 5.74) is 7.73. The first-order valence-electron chi connectivity index (χ1n) is 8.88. The van der Waals surface area contributed by atoms with Gasteiger partial charge in [0.15, 0.2) is 0 Å². The van der Waals surface area contributed by atoms with Gasteiger partial charge >= 0.3 is 0 Å². The van der Waals surface area contributed by atoms with E-state index in [1.54, 1.807) is 34.3 Å². The maximum Gasteiger partial charge on any atom is 0.255 e. The van der Waals surface area contributed by atoms with Crippen LogP contribution < -0.4 is 16.4 Å². The zero-order valence-corrected chi connectivity index (χ0v) is 15.7. The van der Waals surface area contributed by atoms with Crippen molar-refractivity contribution in [2.45, 2.75) is 13.0 Å². The van der Waals surface area contributed by atoms with Crippen molar-refractivity contribution >= 4 is 39.8 Å². The Morgan fingerprint density at radius 2 is 2.21 bits per heavy atom. The lowest BCUT2D eigenvalue weighted by Gasteiger charge is -2.11. The zero-order valence-electron chi connectivity index (χ0n) is 14.8. The third-order valence-corrected chi connectivity index (χ3v) is 5.62. The van der Waals surface area contributed by atoms with Crippen molar-refractivity contribution in [1.82, 2.24) is 19.7 Å². The summed E-state index contributed by atoms with van der Waals surface area (Å²) in [6.45, 7) is 1.53. The van der Waals surface area contributed by atoms with Gasteiger partial charge in [-0.2, -0.15) is 19.7 Å². The number of thiophene rings is 1. The highest BCUT2D eigenvalue weighted by atomic mass is 32.1. The number of nitrogens with zero attached hydrogens (tertiary/aromatic N) is 4. The molecular formula is C19H17N7OS. The molecule has 5 rings (SSSR count). The van der Waals surface area contributed by atoms with E-state index in [1.165, 1.54) is 4.88 Å². The molecule has 140 valence electrons. The van der Waals surface area contributed by atoms with Crippen molar-refractivity contribution in [2.75, 3.05) is 17.2 Å². The monoisotopic (exact) mass is 391 g/mol. The second kappa shape index (κ2) is 6.61. The molecule has 0 atom stereocenters. The average molecular weight is 391 g/mol. The van der Waals surface area contributed by atoms with Gasteiger partial charge in [-0.15, -0.1) is 11.3 Å². The second-order valence-corrected chi connectivity index (χ2v) is 7.50. The number of fused-ring (bicyclic) bond motifs is 2. The van der Waals surface area contributed by atoms with E-state index in [-0.39, 0.29) is 0 Å². The maximum absolute atomic E-state index is 11.7. The normalized spacial score (nSPS) is 12.7. The number of anilines is 2. The molecule has 1 amide bonds. The van der Waals surface area contributed by atoms with Crippen molar-refractivity contribution in [3.8, 4) is 5.95 Å². The van der Waals surface area contributed by atoms with Crippen LogP contribution in [0.5, 0.6) is 0 Å². The molecule has 3 aromatic heterocycles. The Balaban J connectivity index is 1.59. The van der Waals surface area contributed by atoms with Crippen LogP contribution >= 0.6 is 11.3 Å². The zero-order chi connectivity index (χ0) is 19.1. The van der Waals surface area contributed by atoms with Gasteiger partial charge in [0.05, 0.1) is 23.8 Å². The largest absolute Gasteiger partial charge is 0.369 e. The van der Waals surface area contributed by atoms with Crippen molar-refractivity contribution in [3.05, 3.63) is 57.9 Å². The highest BCUT2D eigenvalue weighted by Crippen LogP contribution is 2.29. The second-order valence-electron chi connectivity index (χ2n) is 6.47. The molecule has 0 bridgehead atoms. The first-order chi connectivity index (χ1) is 13.7. The summed E-state index contributed by atoms with van der Waals surface area (Å²) in [5.74, 6) is 1.57. The first-order valence-corrected chi connectivity index (χ1v) is 9.76. The predicted molar refractivity (Wildman–Crippen MR) is 109 cm³/mol. The molecule has 0 radical (unpaired) electrons. The van der Waals surface area contributed by atoms with Gasteiger partial charge in [0, 0.05) is 22.4 Å². The van der Waals surface area contributed by atoms with Crippen LogP contribution in [-0.2, 0) is 13.0 Å². The SMILES string of the molecule is NC(=O)c1cccc2c1cnn2-c1nc2c(c(NCc3cccs3)n1)CCN2. The highest BCUT2D eigenvalue weighted by Gasteiger charge is 2.21. The van der Waals surface area contributed by atoms with Gasteiger partial charge in [0.25, 0.3) is 5.95 Å². The molecule has 0 fully saturated rings. The number of aromatic nitrogens is 4. The van der Waals surface area contributed by atoms with Gasteiger partial charge in [0.1, 0.15) is 11.6 Å². The van der Waals surface area contributed by atoms with Gasteiger partial charge < -0.3 is 16.4 Å². The van der Waals surface area contributed by atoms with Gasteiger partial charge in [-0.1, -0.05) is 12.1 Å². The fourth-order valence-corrected chi connectivity index (χ4v) is 4.06. The van der Waals surface area contributed by atoms with Crippen LogP contribution in [0.3, 0.4) is 0 Å². The Kier molecular flexibility index (Phi) is 3.94. The lowest BCUT2D eigenvalue weighted by Crippen LogP contribution is -2.11. The Morgan fingerprint density at radius 3 is 3.04 bits per heavy atom. The number of carbonyl (C=O) groups is 1.